The zero-order valence-electron chi connectivity index (χ0n) is 25.0. The topological polar surface area (TPSA) is 167 Å². The lowest BCUT2D eigenvalue weighted by atomic mass is 9.98. The quantitative estimate of drug-likeness (QED) is 0.181. The second-order valence-corrected chi connectivity index (χ2v) is 15.0. The van der Waals surface area contributed by atoms with Gasteiger partial charge in [0.25, 0.3) is 0 Å². The Hall–Kier alpha value is -2.81. The van der Waals surface area contributed by atoms with Crippen molar-refractivity contribution in [2.24, 2.45) is 0 Å². The first kappa shape index (κ1) is 33.1. The predicted octanol–water partition coefficient (Wildman–Crippen LogP) is 4.09. The maximum Gasteiger partial charge on any atom is 0.332 e. The predicted molar refractivity (Wildman–Crippen MR) is 162 cm³/mol. The molecule has 1 aliphatic heterocycles. The summed E-state index contributed by atoms with van der Waals surface area (Å²) < 4.78 is 48.6. The summed E-state index contributed by atoms with van der Waals surface area (Å²) in [5.74, 6) is -0.156. The molecule has 236 valence electrons. The number of rotatable bonds is 13. The number of nitrogens with one attached hydrogen (secondary N) is 1. The summed E-state index contributed by atoms with van der Waals surface area (Å²) >= 11 is 0.883. The minimum absolute atomic E-state index is 0.0266. The van der Waals surface area contributed by atoms with E-state index in [9.17, 15) is 14.5 Å². The maximum absolute atomic E-state index is 16.2. The number of halogens is 1. The SMILES string of the molecule is CCCN(C)c1nc(N)nc2c1ncn2[C@@H]1OC(COP(=O)(N[C@@H](C)C(=O)OC(C)C)Sc2ccccc2)[C@@H](O)[C@@]1(C)F. The first-order chi connectivity index (χ1) is 20.3. The van der Waals surface area contributed by atoms with Gasteiger partial charge < -0.3 is 29.7 Å². The van der Waals surface area contributed by atoms with Gasteiger partial charge in [-0.15, -0.1) is 0 Å². The molecule has 0 spiro atoms. The number of alkyl halides is 1. The second-order valence-electron chi connectivity index (χ2n) is 10.8. The van der Waals surface area contributed by atoms with Crippen LogP contribution in [0.2, 0.25) is 0 Å². The number of hydrogen-bond donors (Lipinski definition) is 3. The molecule has 4 N–H and O–H groups in total. The van der Waals surface area contributed by atoms with E-state index >= 15 is 4.39 Å². The fourth-order valence-electron chi connectivity index (χ4n) is 4.65. The standard InChI is InChI=1S/C27H39FN7O6PS/c1-7-13-34(6)22-20-23(32-26(29)31-22)35(15-30-20)25-27(5,28)21(36)19(41-25)14-39-42(38,43-18-11-9-8-10-12-18)33-17(4)24(37)40-16(2)3/h8-12,15-17,19,21,25,36H,7,13-14H2,1-6H3,(H,33,38)(H2,29,31,32)/t17-,19?,21+,25+,27+,42?/m0/s1. The lowest BCUT2D eigenvalue weighted by Gasteiger charge is -2.25. The van der Waals surface area contributed by atoms with Crippen molar-refractivity contribution in [3.63, 3.8) is 0 Å². The highest BCUT2D eigenvalue weighted by atomic mass is 32.7. The van der Waals surface area contributed by atoms with Gasteiger partial charge in [0, 0.05) is 18.5 Å². The first-order valence-corrected chi connectivity index (χ1v) is 17.0. The number of nitrogen functional groups attached to an aromatic ring is 1. The number of nitrogens with two attached hydrogens (primary N) is 1. The molecule has 3 aromatic rings. The number of benzene rings is 1. The van der Waals surface area contributed by atoms with E-state index in [0.29, 0.717) is 22.8 Å². The number of hydrogen-bond acceptors (Lipinski definition) is 12. The normalized spacial score (nSPS) is 24.3. The fraction of sp³-hybridized carbons (Fsp3) is 0.556. The molecule has 1 aromatic carbocycles. The van der Waals surface area contributed by atoms with Crippen LogP contribution >= 0.6 is 18.1 Å². The highest BCUT2D eigenvalue weighted by Crippen LogP contribution is 2.60. The number of aromatic nitrogens is 4. The van der Waals surface area contributed by atoms with Crippen LogP contribution in [0.15, 0.2) is 41.6 Å². The Morgan fingerprint density at radius 2 is 2.02 bits per heavy atom. The molecule has 0 aliphatic carbocycles. The third-order valence-corrected chi connectivity index (χ3v) is 10.6. The third-order valence-electron chi connectivity index (χ3n) is 6.75. The van der Waals surface area contributed by atoms with E-state index in [1.807, 2.05) is 18.9 Å². The molecule has 0 bridgehead atoms. The van der Waals surface area contributed by atoms with E-state index in [1.165, 1.54) is 24.7 Å². The number of imidazole rings is 1. The molecule has 1 aliphatic rings. The van der Waals surface area contributed by atoms with Crippen molar-refractivity contribution < 1.29 is 32.9 Å². The molecule has 1 saturated heterocycles. The summed E-state index contributed by atoms with van der Waals surface area (Å²) in [4.78, 5) is 27.9. The van der Waals surface area contributed by atoms with Crippen molar-refractivity contribution in [3.05, 3.63) is 36.7 Å². The Bertz CT molecular complexity index is 1460. The minimum atomic E-state index is -3.87. The number of aliphatic hydroxyl groups is 1. The molecule has 2 unspecified atom stereocenters. The number of carbonyl (C=O) groups excluding carboxylic acids is 1. The summed E-state index contributed by atoms with van der Waals surface area (Å²) in [5.41, 5.74) is 4.29. The highest BCUT2D eigenvalue weighted by Gasteiger charge is 2.56. The summed E-state index contributed by atoms with van der Waals surface area (Å²) in [6.07, 6.45) is -2.43. The van der Waals surface area contributed by atoms with Crippen LogP contribution in [0.1, 0.15) is 47.3 Å². The molecule has 2 aromatic heterocycles. The van der Waals surface area contributed by atoms with Gasteiger partial charge in [-0.25, -0.2) is 14.5 Å². The van der Waals surface area contributed by atoms with Gasteiger partial charge in [0.1, 0.15) is 18.2 Å². The first-order valence-electron chi connectivity index (χ1n) is 14.0. The molecule has 0 radical (unpaired) electrons. The van der Waals surface area contributed by atoms with Gasteiger partial charge in [0.2, 0.25) is 5.95 Å². The van der Waals surface area contributed by atoms with Crippen LogP contribution in [0.4, 0.5) is 16.2 Å². The largest absolute Gasteiger partial charge is 0.462 e. The van der Waals surface area contributed by atoms with Gasteiger partial charge in [-0.2, -0.15) is 9.97 Å². The zero-order valence-corrected chi connectivity index (χ0v) is 26.7. The number of aliphatic hydroxyl groups excluding tert-OH is 1. The van der Waals surface area contributed by atoms with E-state index in [2.05, 4.69) is 20.0 Å². The number of esters is 1. The zero-order chi connectivity index (χ0) is 31.5. The molecule has 0 saturated carbocycles. The molecule has 4 rings (SSSR count). The molecule has 0 amide bonds. The van der Waals surface area contributed by atoms with Gasteiger partial charge in [0.15, 0.2) is 28.9 Å². The molecule has 16 heteroatoms. The van der Waals surface area contributed by atoms with E-state index < -0.39 is 49.4 Å². The summed E-state index contributed by atoms with van der Waals surface area (Å²) in [7, 11) is 1.84. The Morgan fingerprint density at radius 3 is 2.67 bits per heavy atom. The van der Waals surface area contributed by atoms with Crippen LogP contribution in [0, 0.1) is 0 Å². The number of anilines is 2. The summed E-state index contributed by atoms with van der Waals surface area (Å²) in [5, 5.41) is 13.8. The maximum atomic E-state index is 16.2. The fourth-order valence-corrected chi connectivity index (χ4v) is 8.48. The Morgan fingerprint density at radius 1 is 1.33 bits per heavy atom. The molecular weight excluding hydrogens is 600 g/mol. The molecule has 6 atom stereocenters. The second kappa shape index (κ2) is 13.4. The number of carbonyl (C=O) groups is 1. The van der Waals surface area contributed by atoms with Crippen molar-refractivity contribution in [2.45, 2.75) is 82.2 Å². The van der Waals surface area contributed by atoms with E-state index in [-0.39, 0.29) is 17.7 Å². The average molecular weight is 640 g/mol. The van der Waals surface area contributed by atoms with E-state index in [1.54, 1.807) is 44.2 Å². The number of fused-ring (bicyclic) bond motifs is 1. The number of nitrogens with zero attached hydrogens (tertiary/aromatic N) is 5. The van der Waals surface area contributed by atoms with Crippen molar-refractivity contribution >= 4 is 47.0 Å². The summed E-state index contributed by atoms with van der Waals surface area (Å²) in [6.45, 7) is 4.48. The molecule has 1 fully saturated rings. The molecule has 43 heavy (non-hydrogen) atoms. The van der Waals surface area contributed by atoms with Gasteiger partial charge in [-0.05, 0) is 57.6 Å². The van der Waals surface area contributed by atoms with Gasteiger partial charge in [-0.1, -0.05) is 25.1 Å². The summed E-state index contributed by atoms with van der Waals surface area (Å²) in [6, 6.07) is 7.82. The van der Waals surface area contributed by atoms with Crippen LogP contribution in [-0.4, -0.2) is 80.8 Å². The van der Waals surface area contributed by atoms with Gasteiger partial charge in [0.05, 0.1) is 19.0 Å². The lowest BCUT2D eigenvalue weighted by Crippen LogP contribution is -2.41. The molecule has 13 nitrogen and oxygen atoms in total. The Kier molecular flexibility index (Phi) is 10.4. The lowest BCUT2D eigenvalue weighted by molar-refractivity contribution is -0.149. The average Bonchev–Trinajstić information content (AvgIpc) is 3.44. The Balaban J connectivity index is 1.58. The number of ether oxygens (including phenoxy) is 2. The van der Waals surface area contributed by atoms with Crippen molar-refractivity contribution in [3.8, 4) is 0 Å². The van der Waals surface area contributed by atoms with Gasteiger partial charge >= 0.3 is 12.7 Å². The molecular formula is C27H39FN7O6PS. The van der Waals surface area contributed by atoms with Crippen molar-refractivity contribution in [2.75, 3.05) is 30.8 Å². The van der Waals surface area contributed by atoms with Crippen LogP contribution < -0.4 is 15.7 Å². The highest BCUT2D eigenvalue weighted by molar-refractivity contribution is 8.56. The van der Waals surface area contributed by atoms with E-state index in [4.69, 9.17) is 19.7 Å². The van der Waals surface area contributed by atoms with Gasteiger partial charge in [-0.3, -0.25) is 13.9 Å². The van der Waals surface area contributed by atoms with E-state index in [0.717, 1.165) is 17.8 Å². The smallest absolute Gasteiger partial charge is 0.332 e. The monoisotopic (exact) mass is 639 g/mol. The van der Waals surface area contributed by atoms with Crippen LogP contribution in [0.5, 0.6) is 0 Å². The van der Waals surface area contributed by atoms with Crippen LogP contribution in [-0.2, 0) is 23.4 Å². The third kappa shape index (κ3) is 7.47. The Labute approximate surface area is 253 Å². The van der Waals surface area contributed by atoms with Crippen molar-refractivity contribution in [1.82, 2.24) is 24.6 Å². The minimum Gasteiger partial charge on any atom is -0.462 e. The van der Waals surface area contributed by atoms with Crippen LogP contribution in [0.3, 0.4) is 0 Å². The van der Waals surface area contributed by atoms with Crippen molar-refractivity contribution in [1.29, 1.82) is 0 Å². The molecule has 3 heterocycles. The van der Waals surface area contributed by atoms with Crippen LogP contribution in [0.25, 0.3) is 11.2 Å².